The minimum atomic E-state index is -2.68. The van der Waals surface area contributed by atoms with Crippen LogP contribution in [0.1, 0.15) is 44.9 Å². The van der Waals surface area contributed by atoms with Crippen LogP contribution in [0.5, 0.6) is 0 Å². The first kappa shape index (κ1) is 19.7. The fourth-order valence-corrected chi connectivity index (χ4v) is 4.31. The lowest BCUT2D eigenvalue weighted by Gasteiger charge is -2.38. The molecule has 1 amide bonds. The molecule has 7 nitrogen and oxygen atoms in total. The number of amides is 1. The Balaban J connectivity index is 1.46. The lowest BCUT2D eigenvalue weighted by atomic mass is 9.78. The molecule has 0 bridgehead atoms. The van der Waals surface area contributed by atoms with Gasteiger partial charge in [-0.15, -0.1) is 0 Å². The zero-order valence-corrected chi connectivity index (χ0v) is 16.9. The molecule has 2 fully saturated rings. The summed E-state index contributed by atoms with van der Waals surface area (Å²) in [5.74, 6) is -2.11. The van der Waals surface area contributed by atoms with Crippen LogP contribution < -0.4 is 5.32 Å². The number of hydrogen-bond acceptors (Lipinski definition) is 4. The van der Waals surface area contributed by atoms with Crippen LogP contribution >= 0.6 is 0 Å². The van der Waals surface area contributed by atoms with Crippen LogP contribution in [0.4, 0.5) is 14.6 Å². The van der Waals surface area contributed by atoms with Crippen molar-refractivity contribution in [3.8, 4) is 17.3 Å². The highest BCUT2D eigenvalue weighted by molar-refractivity contribution is 5.93. The number of nitriles is 1. The van der Waals surface area contributed by atoms with E-state index in [0.717, 1.165) is 24.1 Å². The maximum Gasteiger partial charge on any atom is 0.248 e. The van der Waals surface area contributed by atoms with E-state index in [1.807, 2.05) is 28.8 Å². The van der Waals surface area contributed by atoms with Crippen LogP contribution in [-0.4, -0.2) is 31.0 Å². The van der Waals surface area contributed by atoms with E-state index in [1.165, 1.54) is 0 Å². The van der Waals surface area contributed by atoms with Gasteiger partial charge in [-0.05, 0) is 37.8 Å². The van der Waals surface area contributed by atoms with Gasteiger partial charge in [-0.3, -0.25) is 13.9 Å². The number of nitrogens with one attached hydrogen (secondary N) is 1. The molecule has 160 valence electrons. The monoisotopic (exact) mass is 424 g/mol. The summed E-state index contributed by atoms with van der Waals surface area (Å²) in [5.41, 5.74) is 1.57. The van der Waals surface area contributed by atoms with Crippen molar-refractivity contribution in [1.29, 1.82) is 5.26 Å². The van der Waals surface area contributed by atoms with Crippen molar-refractivity contribution < 1.29 is 13.6 Å². The molecule has 5 rings (SSSR count). The summed E-state index contributed by atoms with van der Waals surface area (Å²) >= 11 is 0. The number of alkyl halides is 2. The summed E-state index contributed by atoms with van der Waals surface area (Å²) in [6.07, 6.45) is 7.17. The van der Waals surface area contributed by atoms with Gasteiger partial charge in [0, 0.05) is 30.5 Å². The Morgan fingerprint density at radius 2 is 2.00 bits per heavy atom. The lowest BCUT2D eigenvalue weighted by molar-refractivity contribution is -0.117. The molecule has 0 aromatic carbocycles. The van der Waals surface area contributed by atoms with E-state index in [4.69, 9.17) is 0 Å². The first-order chi connectivity index (χ1) is 14.9. The van der Waals surface area contributed by atoms with Gasteiger partial charge in [0.15, 0.2) is 5.82 Å². The Hall–Kier alpha value is -3.28. The number of halogens is 2. The fourth-order valence-electron chi connectivity index (χ4n) is 4.31. The molecule has 2 saturated carbocycles. The molecule has 0 saturated heterocycles. The van der Waals surface area contributed by atoms with Crippen molar-refractivity contribution in [3.05, 3.63) is 36.8 Å². The summed E-state index contributed by atoms with van der Waals surface area (Å²) in [6.45, 7) is 0. The first-order valence-electron chi connectivity index (χ1n) is 10.5. The average Bonchev–Trinajstić information content (AvgIpc) is 3.33. The molecular formula is C22H22F2N6O. The number of rotatable bonds is 5. The van der Waals surface area contributed by atoms with Gasteiger partial charge >= 0.3 is 0 Å². The molecule has 2 aliphatic carbocycles. The second-order valence-corrected chi connectivity index (χ2v) is 8.62. The van der Waals surface area contributed by atoms with E-state index in [2.05, 4.69) is 21.5 Å². The van der Waals surface area contributed by atoms with E-state index in [0.29, 0.717) is 11.5 Å². The molecule has 0 aliphatic heterocycles. The number of imidazole rings is 1. The predicted octanol–water partition coefficient (Wildman–Crippen LogP) is 4.36. The second-order valence-electron chi connectivity index (χ2n) is 8.62. The molecule has 3 aromatic rings. The molecule has 31 heavy (non-hydrogen) atoms. The third-order valence-electron chi connectivity index (χ3n) is 6.38. The Labute approximate surface area is 177 Å². The number of aromatic nitrogens is 4. The first-order valence-corrected chi connectivity index (χ1v) is 10.5. The smallest absolute Gasteiger partial charge is 0.248 e. The fraction of sp³-hybridized carbons (Fsp3) is 0.455. The van der Waals surface area contributed by atoms with Crippen molar-refractivity contribution in [2.75, 3.05) is 5.32 Å². The van der Waals surface area contributed by atoms with E-state index < -0.39 is 11.5 Å². The van der Waals surface area contributed by atoms with Crippen LogP contribution in [0.25, 0.3) is 16.9 Å². The standard InChI is InChI=1S/C22H22F2N6O/c23-22(24)8-6-21(7-9-22,10-11-25)30-13-16(12-26-30)17-2-1-3-19-27-18(14-29(17)19)28-20(31)15-4-5-15/h1-3,12-15H,4-10H2,(H,28,31). The Kier molecular flexibility index (Phi) is 4.54. The van der Waals surface area contributed by atoms with Gasteiger partial charge in [0.05, 0.1) is 36.1 Å². The quantitative estimate of drug-likeness (QED) is 0.659. The van der Waals surface area contributed by atoms with Crippen molar-refractivity contribution in [3.63, 3.8) is 0 Å². The van der Waals surface area contributed by atoms with Gasteiger partial charge in [-0.2, -0.15) is 10.4 Å². The number of hydrogen-bond donors (Lipinski definition) is 1. The molecule has 2 aliphatic rings. The highest BCUT2D eigenvalue weighted by atomic mass is 19.3. The summed E-state index contributed by atoms with van der Waals surface area (Å²) in [7, 11) is 0. The molecule has 0 radical (unpaired) electrons. The Morgan fingerprint density at radius 3 is 2.71 bits per heavy atom. The van der Waals surface area contributed by atoms with Crippen LogP contribution in [0, 0.1) is 17.2 Å². The van der Waals surface area contributed by atoms with Crippen molar-refractivity contribution >= 4 is 17.4 Å². The highest BCUT2D eigenvalue weighted by Crippen LogP contribution is 2.44. The van der Waals surface area contributed by atoms with Crippen LogP contribution in [0.15, 0.2) is 36.8 Å². The molecule has 3 heterocycles. The number of anilines is 1. The van der Waals surface area contributed by atoms with Crippen LogP contribution in [-0.2, 0) is 10.3 Å². The third-order valence-corrected chi connectivity index (χ3v) is 6.38. The molecule has 3 aromatic heterocycles. The lowest BCUT2D eigenvalue weighted by Crippen LogP contribution is -2.41. The van der Waals surface area contributed by atoms with Crippen molar-refractivity contribution in [1.82, 2.24) is 19.2 Å². The summed E-state index contributed by atoms with van der Waals surface area (Å²) in [4.78, 5) is 16.6. The number of pyridine rings is 1. The van der Waals surface area contributed by atoms with Gasteiger partial charge in [-0.25, -0.2) is 13.8 Å². The van der Waals surface area contributed by atoms with Gasteiger partial charge in [0.2, 0.25) is 11.8 Å². The summed E-state index contributed by atoms with van der Waals surface area (Å²) in [6, 6.07) is 7.79. The van der Waals surface area contributed by atoms with Crippen LogP contribution in [0.3, 0.4) is 0 Å². The summed E-state index contributed by atoms with van der Waals surface area (Å²) < 4.78 is 31.0. The number of nitrogens with zero attached hydrogens (tertiary/aromatic N) is 5. The van der Waals surface area contributed by atoms with Crippen LogP contribution in [0.2, 0.25) is 0 Å². The molecular weight excluding hydrogens is 402 g/mol. The van der Waals surface area contributed by atoms with Gasteiger partial charge in [0.25, 0.3) is 0 Å². The zero-order chi connectivity index (χ0) is 21.6. The maximum atomic E-state index is 13.7. The second kappa shape index (κ2) is 7.15. The van der Waals surface area contributed by atoms with E-state index in [1.54, 1.807) is 17.1 Å². The zero-order valence-electron chi connectivity index (χ0n) is 16.9. The topological polar surface area (TPSA) is 88.0 Å². The van der Waals surface area contributed by atoms with Crippen molar-refractivity contribution in [2.24, 2.45) is 5.92 Å². The van der Waals surface area contributed by atoms with E-state index >= 15 is 0 Å². The largest absolute Gasteiger partial charge is 0.309 e. The molecule has 9 heteroatoms. The van der Waals surface area contributed by atoms with Gasteiger partial charge in [0.1, 0.15) is 5.65 Å². The van der Waals surface area contributed by atoms with E-state index in [9.17, 15) is 18.8 Å². The maximum absolute atomic E-state index is 13.7. The molecule has 0 atom stereocenters. The van der Waals surface area contributed by atoms with Gasteiger partial charge < -0.3 is 5.32 Å². The minimum absolute atomic E-state index is 0.00896. The SMILES string of the molecule is N#CCC1(n2cc(-c3cccc4nc(NC(=O)C5CC5)cn34)cn2)CCC(F)(F)CC1. The molecule has 1 N–H and O–H groups in total. The summed E-state index contributed by atoms with van der Waals surface area (Å²) in [5, 5.41) is 16.7. The Bertz CT molecular complexity index is 1180. The number of carbonyl (C=O) groups is 1. The van der Waals surface area contributed by atoms with Crippen molar-refractivity contribution in [2.45, 2.75) is 56.4 Å². The van der Waals surface area contributed by atoms with E-state index in [-0.39, 0.29) is 43.9 Å². The Morgan fingerprint density at radius 1 is 1.23 bits per heavy atom. The normalized spacial score (nSPS) is 19.8. The van der Waals surface area contributed by atoms with Gasteiger partial charge in [-0.1, -0.05) is 6.07 Å². The third kappa shape index (κ3) is 3.67. The number of fused-ring (bicyclic) bond motifs is 1. The molecule has 0 unspecified atom stereocenters. The number of carbonyl (C=O) groups excluding carboxylic acids is 1. The predicted molar refractivity (Wildman–Crippen MR) is 109 cm³/mol. The minimum Gasteiger partial charge on any atom is -0.309 e. The average molecular weight is 424 g/mol. The highest BCUT2D eigenvalue weighted by Gasteiger charge is 2.45. The molecule has 0 spiro atoms.